The summed E-state index contributed by atoms with van der Waals surface area (Å²) in [5.74, 6) is -0.113. The van der Waals surface area contributed by atoms with Gasteiger partial charge in [0.1, 0.15) is 0 Å². The van der Waals surface area contributed by atoms with Crippen molar-refractivity contribution < 1.29 is 9.59 Å². The zero-order valence-corrected chi connectivity index (χ0v) is 14.0. The maximum absolute atomic E-state index is 12.2. The van der Waals surface area contributed by atoms with Crippen LogP contribution in [0.1, 0.15) is 31.2 Å². The van der Waals surface area contributed by atoms with E-state index < -0.39 is 0 Å². The summed E-state index contributed by atoms with van der Waals surface area (Å²) in [4.78, 5) is 25.8. The largest absolute Gasteiger partial charge is 0.369 e. The van der Waals surface area contributed by atoms with Gasteiger partial charge in [-0.05, 0) is 63.0 Å². The number of piperidine rings is 1. The molecule has 2 fully saturated rings. The minimum atomic E-state index is -0.181. The molecule has 24 heavy (non-hydrogen) atoms. The van der Waals surface area contributed by atoms with Gasteiger partial charge in [0.2, 0.25) is 11.8 Å². The van der Waals surface area contributed by atoms with Crippen LogP contribution in [0, 0.1) is 5.92 Å². The summed E-state index contributed by atoms with van der Waals surface area (Å²) in [7, 11) is 0. The fourth-order valence-corrected chi connectivity index (χ4v) is 3.52. The molecule has 0 radical (unpaired) electrons. The minimum absolute atomic E-state index is 0.0192. The van der Waals surface area contributed by atoms with E-state index in [1.54, 1.807) is 0 Å². The Labute approximate surface area is 142 Å². The highest BCUT2D eigenvalue weighted by Crippen LogP contribution is 2.20. The molecule has 2 aliphatic rings. The van der Waals surface area contributed by atoms with Crippen molar-refractivity contribution in [3.8, 4) is 0 Å². The van der Waals surface area contributed by atoms with Gasteiger partial charge >= 0.3 is 0 Å². The number of carbonyl (C=O) groups is 2. The van der Waals surface area contributed by atoms with Crippen LogP contribution in [0.25, 0.3) is 0 Å². The Kier molecular flexibility index (Phi) is 5.48. The van der Waals surface area contributed by atoms with Crippen molar-refractivity contribution in [3.05, 3.63) is 29.8 Å². The average molecular weight is 330 g/mol. The summed E-state index contributed by atoms with van der Waals surface area (Å²) in [6, 6.07) is 7.94. The molecule has 130 valence electrons. The van der Waals surface area contributed by atoms with E-state index in [4.69, 9.17) is 5.73 Å². The highest BCUT2D eigenvalue weighted by molar-refractivity contribution is 5.95. The lowest BCUT2D eigenvalue weighted by atomic mass is 9.96. The molecule has 4 N–H and O–H groups in total. The first-order valence-electron chi connectivity index (χ1n) is 8.76. The molecule has 1 aromatic rings. The molecule has 2 amide bonds. The fraction of sp³-hybridized carbons (Fsp3) is 0.556. The Hall–Kier alpha value is -1.92. The van der Waals surface area contributed by atoms with Gasteiger partial charge in [0, 0.05) is 18.2 Å². The van der Waals surface area contributed by atoms with E-state index in [1.807, 2.05) is 18.2 Å². The number of amides is 2. The number of rotatable bonds is 5. The third-order valence-corrected chi connectivity index (χ3v) is 4.97. The van der Waals surface area contributed by atoms with E-state index in [-0.39, 0.29) is 23.8 Å². The second-order valence-corrected chi connectivity index (χ2v) is 6.79. The lowest BCUT2D eigenvalue weighted by molar-refractivity contribution is -0.123. The molecule has 2 aliphatic heterocycles. The molecule has 1 unspecified atom stereocenters. The van der Waals surface area contributed by atoms with Gasteiger partial charge in [0.05, 0.1) is 6.04 Å². The van der Waals surface area contributed by atoms with Crippen LogP contribution in [0.4, 0.5) is 5.69 Å². The smallest absolute Gasteiger partial charge is 0.241 e. The van der Waals surface area contributed by atoms with Crippen molar-refractivity contribution in [2.45, 2.75) is 38.3 Å². The van der Waals surface area contributed by atoms with E-state index in [1.165, 1.54) is 5.56 Å². The van der Waals surface area contributed by atoms with E-state index in [2.05, 4.69) is 21.6 Å². The second kappa shape index (κ2) is 7.77. The van der Waals surface area contributed by atoms with Crippen molar-refractivity contribution in [2.24, 2.45) is 11.7 Å². The molecule has 2 saturated heterocycles. The Bertz CT molecular complexity index is 590. The highest BCUT2D eigenvalue weighted by atomic mass is 16.2. The molecule has 0 saturated carbocycles. The number of hydrogen-bond donors (Lipinski definition) is 3. The number of likely N-dealkylation sites (tertiary alicyclic amines) is 1. The maximum Gasteiger partial charge on any atom is 0.241 e. The fourth-order valence-electron chi connectivity index (χ4n) is 3.52. The lowest BCUT2D eigenvalue weighted by Gasteiger charge is -2.30. The predicted molar refractivity (Wildman–Crippen MR) is 93.3 cm³/mol. The topological polar surface area (TPSA) is 87.5 Å². The lowest BCUT2D eigenvalue weighted by Crippen LogP contribution is -2.38. The van der Waals surface area contributed by atoms with Gasteiger partial charge in [-0.3, -0.25) is 14.5 Å². The zero-order valence-electron chi connectivity index (χ0n) is 14.0. The molecule has 3 rings (SSSR count). The van der Waals surface area contributed by atoms with Crippen molar-refractivity contribution in [1.82, 2.24) is 10.2 Å². The van der Waals surface area contributed by atoms with Crippen molar-refractivity contribution >= 4 is 17.5 Å². The number of primary amides is 1. The molecule has 6 heteroatoms. The van der Waals surface area contributed by atoms with E-state index in [0.717, 1.165) is 57.5 Å². The Morgan fingerprint density at radius 3 is 2.71 bits per heavy atom. The van der Waals surface area contributed by atoms with Crippen LogP contribution in [-0.4, -0.2) is 42.4 Å². The van der Waals surface area contributed by atoms with E-state index in [9.17, 15) is 9.59 Å². The van der Waals surface area contributed by atoms with E-state index >= 15 is 0 Å². The summed E-state index contributed by atoms with van der Waals surface area (Å²) in [5.41, 5.74) is 7.40. The number of carbonyl (C=O) groups excluding carboxylic acids is 2. The summed E-state index contributed by atoms with van der Waals surface area (Å²) in [6.45, 7) is 3.52. The number of nitrogens with one attached hydrogen (secondary N) is 2. The van der Waals surface area contributed by atoms with Crippen LogP contribution in [0.3, 0.4) is 0 Å². The Morgan fingerprint density at radius 2 is 2.04 bits per heavy atom. The normalized spacial score (nSPS) is 22.4. The molecular formula is C18H26N4O2. The van der Waals surface area contributed by atoms with Gasteiger partial charge in [0.25, 0.3) is 0 Å². The van der Waals surface area contributed by atoms with Crippen LogP contribution in [-0.2, 0) is 16.1 Å². The van der Waals surface area contributed by atoms with Crippen LogP contribution in [0.2, 0.25) is 0 Å². The number of hydrogen-bond acceptors (Lipinski definition) is 4. The summed E-state index contributed by atoms with van der Waals surface area (Å²) < 4.78 is 0. The molecule has 0 bridgehead atoms. The van der Waals surface area contributed by atoms with Crippen LogP contribution >= 0.6 is 0 Å². The van der Waals surface area contributed by atoms with Gasteiger partial charge in [-0.2, -0.15) is 0 Å². The second-order valence-electron chi connectivity index (χ2n) is 6.79. The first-order chi connectivity index (χ1) is 11.6. The molecule has 0 aliphatic carbocycles. The predicted octanol–water partition coefficient (Wildman–Crippen LogP) is 1.07. The molecule has 6 nitrogen and oxygen atoms in total. The molecule has 1 atom stereocenters. The third-order valence-electron chi connectivity index (χ3n) is 4.97. The van der Waals surface area contributed by atoms with Gasteiger partial charge in [0.15, 0.2) is 0 Å². The van der Waals surface area contributed by atoms with Crippen molar-refractivity contribution in [2.75, 3.05) is 25.0 Å². The minimum Gasteiger partial charge on any atom is -0.369 e. The highest BCUT2D eigenvalue weighted by Gasteiger charge is 2.24. The maximum atomic E-state index is 12.2. The number of nitrogens with zero attached hydrogens (tertiary/aromatic N) is 1. The van der Waals surface area contributed by atoms with Crippen LogP contribution in [0.5, 0.6) is 0 Å². The first-order valence-corrected chi connectivity index (χ1v) is 8.76. The Balaban J connectivity index is 1.53. The molecule has 0 aromatic heterocycles. The van der Waals surface area contributed by atoms with Crippen LogP contribution in [0.15, 0.2) is 24.3 Å². The molecular weight excluding hydrogens is 304 g/mol. The summed E-state index contributed by atoms with van der Waals surface area (Å²) in [6.07, 6.45) is 3.62. The van der Waals surface area contributed by atoms with Gasteiger partial charge in [-0.25, -0.2) is 0 Å². The quantitative estimate of drug-likeness (QED) is 0.754. The average Bonchev–Trinajstić information content (AvgIpc) is 3.10. The first kappa shape index (κ1) is 16.9. The molecule has 1 aromatic carbocycles. The summed E-state index contributed by atoms with van der Waals surface area (Å²) in [5, 5.41) is 6.21. The third kappa shape index (κ3) is 4.33. The monoisotopic (exact) mass is 330 g/mol. The van der Waals surface area contributed by atoms with Gasteiger partial charge in [-0.15, -0.1) is 0 Å². The zero-order chi connectivity index (χ0) is 16.9. The van der Waals surface area contributed by atoms with Crippen molar-refractivity contribution in [3.63, 3.8) is 0 Å². The summed E-state index contributed by atoms with van der Waals surface area (Å²) >= 11 is 0. The number of nitrogens with two attached hydrogens (primary N) is 1. The Morgan fingerprint density at radius 1 is 1.25 bits per heavy atom. The number of benzene rings is 1. The number of anilines is 1. The van der Waals surface area contributed by atoms with Crippen LogP contribution < -0.4 is 16.4 Å². The SMILES string of the molecule is NC(=O)C1CCN(Cc2cccc(NC(=O)C3CCCN3)c2)CC1. The molecule has 2 heterocycles. The van der Waals surface area contributed by atoms with Gasteiger partial charge in [-0.1, -0.05) is 12.1 Å². The van der Waals surface area contributed by atoms with Crippen molar-refractivity contribution in [1.29, 1.82) is 0 Å². The standard InChI is InChI=1S/C18H26N4O2/c19-17(23)14-6-9-22(10-7-14)12-13-3-1-4-15(11-13)21-18(24)16-5-2-8-20-16/h1,3-4,11,14,16,20H,2,5-10,12H2,(H2,19,23)(H,21,24). The van der Waals surface area contributed by atoms with Gasteiger partial charge < -0.3 is 16.4 Å². The van der Waals surface area contributed by atoms with E-state index in [0.29, 0.717) is 0 Å². The molecule has 0 spiro atoms.